The molecular weight excluding hydrogens is 220 g/mol. The molecule has 2 nitrogen and oxygen atoms in total. The van der Waals surface area contributed by atoms with Gasteiger partial charge in [-0.15, -0.1) is 0 Å². The van der Waals surface area contributed by atoms with Crippen molar-refractivity contribution in [2.45, 2.75) is 27.2 Å². The third kappa shape index (κ3) is 5.35. The van der Waals surface area contributed by atoms with Gasteiger partial charge in [0.2, 0.25) is 0 Å². The van der Waals surface area contributed by atoms with Gasteiger partial charge in [-0.1, -0.05) is 19.9 Å². The summed E-state index contributed by atoms with van der Waals surface area (Å²) in [6.07, 6.45) is 2.74. The number of halogens is 1. The summed E-state index contributed by atoms with van der Waals surface area (Å²) < 4.78 is 5.31. The van der Waals surface area contributed by atoms with Gasteiger partial charge in [-0.05, 0) is 35.2 Å². The molecule has 0 aliphatic carbocycles. The van der Waals surface area contributed by atoms with E-state index in [0.717, 1.165) is 6.42 Å². The van der Waals surface area contributed by atoms with Crippen LogP contribution in [0.15, 0.2) is 10.6 Å². The minimum absolute atomic E-state index is 0.279. The highest BCUT2D eigenvalue weighted by Crippen LogP contribution is 2.11. The molecule has 0 aliphatic heterocycles. The van der Waals surface area contributed by atoms with Crippen LogP contribution in [0.25, 0.3) is 0 Å². The Bertz CT molecular complexity index is 173. The molecule has 0 saturated carbocycles. The van der Waals surface area contributed by atoms with Gasteiger partial charge in [-0.2, -0.15) is 0 Å². The van der Waals surface area contributed by atoms with Gasteiger partial charge in [0.1, 0.15) is 0 Å². The average molecular weight is 235 g/mol. The summed E-state index contributed by atoms with van der Waals surface area (Å²) in [6, 6.07) is 0. The molecule has 0 aromatic rings. The zero-order chi connectivity index (χ0) is 9.56. The van der Waals surface area contributed by atoms with Gasteiger partial charge in [0, 0.05) is 0 Å². The smallest absolute Gasteiger partial charge is 0.344 e. The summed E-state index contributed by atoms with van der Waals surface area (Å²) in [5.74, 6) is 0.283. The monoisotopic (exact) mass is 234 g/mol. The number of carbonyl (C=O) groups is 1. The van der Waals surface area contributed by atoms with Crippen molar-refractivity contribution < 1.29 is 9.53 Å². The first-order valence-corrected chi connectivity index (χ1v) is 4.90. The number of rotatable bonds is 4. The molecule has 12 heavy (non-hydrogen) atoms. The quantitative estimate of drug-likeness (QED) is 0.553. The lowest BCUT2D eigenvalue weighted by molar-refractivity contribution is -0.137. The maximum Gasteiger partial charge on any atom is 0.344 e. The van der Waals surface area contributed by atoms with E-state index in [4.69, 9.17) is 4.74 Å². The normalized spacial score (nSPS) is 11.9. The van der Waals surface area contributed by atoms with Crippen molar-refractivity contribution in [3.05, 3.63) is 10.6 Å². The van der Waals surface area contributed by atoms with Gasteiger partial charge in [-0.25, -0.2) is 4.79 Å². The zero-order valence-corrected chi connectivity index (χ0v) is 9.35. The highest BCUT2D eigenvalue weighted by Gasteiger charge is 2.05. The summed E-state index contributed by atoms with van der Waals surface area (Å²) in [7, 11) is 0. The van der Waals surface area contributed by atoms with Crippen LogP contribution in [0.1, 0.15) is 27.2 Å². The molecule has 0 atom stereocenters. The molecule has 0 aliphatic rings. The molecular formula is C9H15BrO2. The Morgan fingerprint density at radius 3 is 2.58 bits per heavy atom. The van der Waals surface area contributed by atoms with E-state index in [9.17, 15) is 4.79 Å². The lowest BCUT2D eigenvalue weighted by atomic mass is 10.1. The fourth-order valence-corrected chi connectivity index (χ4v) is 0.924. The van der Waals surface area contributed by atoms with Crippen LogP contribution in [0.4, 0.5) is 0 Å². The maximum absolute atomic E-state index is 11.0. The lowest BCUT2D eigenvalue weighted by Gasteiger charge is -2.01. The van der Waals surface area contributed by atoms with E-state index in [-0.39, 0.29) is 5.97 Å². The number of allylic oxidation sites excluding steroid dienone is 1. The summed E-state index contributed by atoms with van der Waals surface area (Å²) in [6.45, 7) is 6.41. The second kappa shape index (κ2) is 6.23. The Hall–Kier alpha value is -0.310. The second-order valence-corrected chi connectivity index (χ2v) is 3.76. The van der Waals surface area contributed by atoms with Crippen LogP contribution in [-0.2, 0) is 9.53 Å². The predicted octanol–water partition coefficient (Wildman–Crippen LogP) is 2.87. The van der Waals surface area contributed by atoms with Crippen LogP contribution in [0.3, 0.4) is 0 Å². The molecule has 0 N–H and O–H groups in total. The largest absolute Gasteiger partial charge is 0.462 e. The van der Waals surface area contributed by atoms with Crippen molar-refractivity contribution in [1.29, 1.82) is 0 Å². The molecule has 0 radical (unpaired) electrons. The first-order valence-electron chi connectivity index (χ1n) is 4.10. The van der Waals surface area contributed by atoms with Gasteiger partial charge in [0.15, 0.2) is 0 Å². The first-order chi connectivity index (χ1) is 5.57. The number of ether oxygens (including phenoxy) is 1. The van der Waals surface area contributed by atoms with Crippen LogP contribution in [0.2, 0.25) is 0 Å². The third-order valence-electron chi connectivity index (χ3n) is 1.24. The van der Waals surface area contributed by atoms with Gasteiger partial charge in [0.05, 0.1) is 11.1 Å². The molecule has 0 saturated heterocycles. The van der Waals surface area contributed by atoms with Crippen LogP contribution in [0.5, 0.6) is 0 Å². The Morgan fingerprint density at radius 2 is 2.17 bits per heavy atom. The standard InChI is InChI=1S/C9H15BrO2/c1-4-12-9(11)8(10)6-5-7(2)3/h6-7H,4-5H2,1-3H3. The van der Waals surface area contributed by atoms with Gasteiger partial charge < -0.3 is 4.74 Å². The summed E-state index contributed by atoms with van der Waals surface area (Å²) in [5, 5.41) is 0. The van der Waals surface area contributed by atoms with Crippen molar-refractivity contribution in [2.24, 2.45) is 5.92 Å². The minimum atomic E-state index is -0.279. The van der Waals surface area contributed by atoms with Crippen LogP contribution in [0, 0.1) is 5.92 Å². The molecule has 0 heterocycles. The Morgan fingerprint density at radius 1 is 1.58 bits per heavy atom. The van der Waals surface area contributed by atoms with Crippen LogP contribution in [-0.4, -0.2) is 12.6 Å². The molecule has 0 aromatic carbocycles. The fraction of sp³-hybridized carbons (Fsp3) is 0.667. The van der Waals surface area contributed by atoms with E-state index in [1.807, 2.05) is 6.08 Å². The van der Waals surface area contributed by atoms with Crippen molar-refractivity contribution in [2.75, 3.05) is 6.61 Å². The maximum atomic E-state index is 11.0. The lowest BCUT2D eigenvalue weighted by Crippen LogP contribution is -2.03. The zero-order valence-electron chi connectivity index (χ0n) is 7.76. The van der Waals surface area contributed by atoms with Crippen LogP contribution < -0.4 is 0 Å². The number of carbonyl (C=O) groups excluding carboxylic acids is 1. The molecule has 70 valence electrons. The van der Waals surface area contributed by atoms with E-state index < -0.39 is 0 Å². The Kier molecular flexibility index (Phi) is 6.07. The van der Waals surface area contributed by atoms with E-state index in [0.29, 0.717) is 17.0 Å². The average Bonchev–Trinajstić information content (AvgIpc) is 2.00. The summed E-state index contributed by atoms with van der Waals surface area (Å²) in [4.78, 5) is 11.0. The topological polar surface area (TPSA) is 26.3 Å². The van der Waals surface area contributed by atoms with E-state index in [1.54, 1.807) is 6.92 Å². The molecule has 3 heteroatoms. The molecule has 0 rings (SSSR count). The highest BCUT2D eigenvalue weighted by atomic mass is 79.9. The number of esters is 1. The van der Waals surface area contributed by atoms with E-state index in [1.165, 1.54) is 0 Å². The Balaban J connectivity index is 3.90. The number of hydrogen-bond donors (Lipinski definition) is 0. The van der Waals surface area contributed by atoms with Crippen LogP contribution >= 0.6 is 15.9 Å². The van der Waals surface area contributed by atoms with Crippen molar-refractivity contribution >= 4 is 21.9 Å². The van der Waals surface area contributed by atoms with Crippen molar-refractivity contribution in [1.82, 2.24) is 0 Å². The fourth-order valence-electron chi connectivity index (χ4n) is 0.623. The van der Waals surface area contributed by atoms with E-state index >= 15 is 0 Å². The minimum Gasteiger partial charge on any atom is -0.462 e. The molecule has 0 amide bonds. The molecule has 0 unspecified atom stereocenters. The number of hydrogen-bond acceptors (Lipinski definition) is 2. The predicted molar refractivity (Wildman–Crippen MR) is 53.1 cm³/mol. The van der Waals surface area contributed by atoms with Crippen molar-refractivity contribution in [3.8, 4) is 0 Å². The SMILES string of the molecule is CCOC(=O)C(Br)=CCC(C)C. The summed E-state index contributed by atoms with van der Waals surface area (Å²) in [5.41, 5.74) is 0. The van der Waals surface area contributed by atoms with Gasteiger partial charge in [0.25, 0.3) is 0 Å². The molecule has 0 fully saturated rings. The van der Waals surface area contributed by atoms with Gasteiger partial charge in [-0.3, -0.25) is 0 Å². The summed E-state index contributed by atoms with van der Waals surface area (Å²) >= 11 is 3.16. The third-order valence-corrected chi connectivity index (χ3v) is 1.89. The molecule has 0 bridgehead atoms. The second-order valence-electron chi connectivity index (χ2n) is 2.90. The Labute approximate surface area is 82.1 Å². The molecule has 0 aromatic heterocycles. The van der Waals surface area contributed by atoms with Gasteiger partial charge >= 0.3 is 5.97 Å². The molecule has 0 spiro atoms. The highest BCUT2D eigenvalue weighted by molar-refractivity contribution is 9.12. The van der Waals surface area contributed by atoms with E-state index in [2.05, 4.69) is 29.8 Å². The van der Waals surface area contributed by atoms with Crippen molar-refractivity contribution in [3.63, 3.8) is 0 Å². The first kappa shape index (κ1) is 11.7.